The molecular formula is C31H38N6O5. The lowest BCUT2D eigenvalue weighted by molar-refractivity contribution is -0.129. The number of rotatable bonds is 9. The predicted molar refractivity (Wildman–Crippen MR) is 155 cm³/mol. The molecule has 5 rings (SSSR count). The lowest BCUT2D eigenvalue weighted by Crippen LogP contribution is -2.48. The zero-order chi connectivity index (χ0) is 29.7. The fraction of sp³-hybridized carbons (Fsp3) is 0.452. The summed E-state index contributed by atoms with van der Waals surface area (Å²) in [5.41, 5.74) is 2.03. The van der Waals surface area contributed by atoms with Crippen LogP contribution in [0.2, 0.25) is 0 Å². The molecule has 0 spiro atoms. The summed E-state index contributed by atoms with van der Waals surface area (Å²) in [4.78, 5) is 43.8. The van der Waals surface area contributed by atoms with Crippen LogP contribution in [0.5, 0.6) is 0 Å². The minimum Gasteiger partial charge on any atom is -0.466 e. The van der Waals surface area contributed by atoms with Crippen LogP contribution < -0.4 is 0 Å². The van der Waals surface area contributed by atoms with Gasteiger partial charge in [-0.2, -0.15) is 0 Å². The molecule has 0 bridgehead atoms. The first kappa shape index (κ1) is 29.1. The zero-order valence-electron chi connectivity index (χ0n) is 24.6. The van der Waals surface area contributed by atoms with E-state index in [0.29, 0.717) is 37.5 Å². The molecule has 0 aromatic carbocycles. The molecule has 1 saturated heterocycles. The van der Waals surface area contributed by atoms with Crippen molar-refractivity contribution >= 4 is 12.0 Å². The molecule has 4 heterocycles. The Morgan fingerprint density at radius 1 is 1.24 bits per heavy atom. The number of hydrogen-bond donors (Lipinski definition) is 0. The largest absolute Gasteiger partial charge is 0.466 e. The van der Waals surface area contributed by atoms with Crippen molar-refractivity contribution in [3.63, 3.8) is 0 Å². The summed E-state index contributed by atoms with van der Waals surface area (Å²) >= 11 is 0. The third-order valence-electron chi connectivity index (χ3n) is 7.26. The number of nitrogens with zero attached hydrogens (tertiary/aromatic N) is 6. The average Bonchev–Trinajstić information content (AvgIpc) is 3.63. The average molecular weight is 575 g/mol. The van der Waals surface area contributed by atoms with Crippen molar-refractivity contribution in [3.05, 3.63) is 84.5 Å². The van der Waals surface area contributed by atoms with E-state index >= 15 is 0 Å². The van der Waals surface area contributed by atoms with Gasteiger partial charge in [-0.25, -0.2) is 19.7 Å². The zero-order valence-corrected chi connectivity index (χ0v) is 24.6. The van der Waals surface area contributed by atoms with Crippen molar-refractivity contribution in [1.82, 2.24) is 29.3 Å². The van der Waals surface area contributed by atoms with Crippen LogP contribution >= 0.6 is 0 Å². The minimum absolute atomic E-state index is 0.0145. The highest BCUT2D eigenvalue weighted by Gasteiger charge is 2.37. The second-order valence-corrected chi connectivity index (χ2v) is 11.6. The Kier molecular flexibility index (Phi) is 8.75. The first-order valence-electron chi connectivity index (χ1n) is 14.3. The van der Waals surface area contributed by atoms with Crippen molar-refractivity contribution in [2.24, 2.45) is 0 Å². The van der Waals surface area contributed by atoms with E-state index in [4.69, 9.17) is 19.2 Å². The van der Waals surface area contributed by atoms with Crippen molar-refractivity contribution < 1.29 is 23.8 Å². The number of aryl methyl sites for hydroxylation is 1. The van der Waals surface area contributed by atoms with Crippen LogP contribution in [0.15, 0.2) is 73.1 Å². The third-order valence-corrected chi connectivity index (χ3v) is 7.26. The molecule has 0 saturated carbocycles. The number of carbonyl (C=O) groups excluding carboxylic acids is 2. The molecule has 2 aromatic rings. The van der Waals surface area contributed by atoms with E-state index in [1.54, 1.807) is 28.2 Å². The van der Waals surface area contributed by atoms with Crippen molar-refractivity contribution in [3.8, 4) is 5.95 Å². The first-order chi connectivity index (χ1) is 20.2. The third kappa shape index (κ3) is 7.07. The van der Waals surface area contributed by atoms with Crippen molar-refractivity contribution in [2.45, 2.75) is 77.5 Å². The number of imidazole rings is 1. The molecule has 11 heteroatoms. The Morgan fingerprint density at radius 2 is 2.10 bits per heavy atom. The standard InChI is InChI=1S/C31H38N6O5/c1-22-18-24(34-29(33-22)35-13-12-32-21-35)25-10-11-28(38)36(25)14-15-37(30(39)42-31(2,3)4)26(27-20-40-16-17-41-27)19-23-8-6-5-7-9-23/h5-6,8,12-13,16-18,20-21,25-26H,7,9-11,14-15,19H2,1-4H3. The number of aromatic nitrogens is 4. The topological polar surface area (TPSA) is 112 Å². The van der Waals surface area contributed by atoms with Crippen LogP contribution in [0.25, 0.3) is 5.95 Å². The highest BCUT2D eigenvalue weighted by molar-refractivity contribution is 5.79. The molecule has 2 aliphatic heterocycles. The molecule has 2 unspecified atom stereocenters. The van der Waals surface area contributed by atoms with Gasteiger partial charge in [-0.05, 0) is 59.4 Å². The molecule has 222 valence electrons. The van der Waals surface area contributed by atoms with Crippen molar-refractivity contribution in [1.29, 1.82) is 0 Å². The summed E-state index contributed by atoms with van der Waals surface area (Å²) < 4.78 is 18.9. The van der Waals surface area contributed by atoms with Crippen LogP contribution in [0.1, 0.15) is 70.3 Å². The van der Waals surface area contributed by atoms with E-state index in [1.807, 2.05) is 44.7 Å². The van der Waals surface area contributed by atoms with Gasteiger partial charge in [0.25, 0.3) is 0 Å². The first-order valence-corrected chi connectivity index (χ1v) is 14.3. The Labute approximate surface area is 246 Å². The Morgan fingerprint density at radius 3 is 2.79 bits per heavy atom. The SMILES string of the molecule is Cc1cc(C2CCC(=O)N2CCN(C(=O)OC(C)(C)C)C(CC2=CC=CCC2)C2=COC=CO2)nc(-n2ccnc2)n1. The van der Waals surface area contributed by atoms with Gasteiger partial charge in [0.05, 0.1) is 11.7 Å². The van der Waals surface area contributed by atoms with Gasteiger partial charge in [-0.15, -0.1) is 0 Å². The molecular weight excluding hydrogens is 536 g/mol. The van der Waals surface area contributed by atoms with E-state index in [0.717, 1.165) is 24.2 Å². The Balaban J connectivity index is 1.42. The van der Waals surface area contributed by atoms with Gasteiger partial charge < -0.3 is 19.1 Å². The van der Waals surface area contributed by atoms with Crippen LogP contribution in [0.3, 0.4) is 0 Å². The number of ether oxygens (including phenoxy) is 3. The number of likely N-dealkylation sites (tertiary alicyclic amines) is 1. The van der Waals surface area contributed by atoms with Gasteiger partial charge in [-0.1, -0.05) is 23.8 Å². The number of hydrogen-bond acceptors (Lipinski definition) is 8. The molecule has 11 nitrogen and oxygen atoms in total. The molecule has 2 aromatic heterocycles. The fourth-order valence-corrected chi connectivity index (χ4v) is 5.34. The molecule has 0 N–H and O–H groups in total. The number of amides is 2. The fourth-order valence-electron chi connectivity index (χ4n) is 5.34. The normalized spacial score (nSPS) is 19.1. The summed E-state index contributed by atoms with van der Waals surface area (Å²) in [5, 5.41) is 0. The smallest absolute Gasteiger partial charge is 0.410 e. The summed E-state index contributed by atoms with van der Waals surface area (Å²) in [7, 11) is 0. The van der Waals surface area contributed by atoms with Gasteiger partial charge in [0.2, 0.25) is 11.9 Å². The van der Waals surface area contributed by atoms with Crippen LogP contribution in [0.4, 0.5) is 4.79 Å². The second kappa shape index (κ2) is 12.6. The molecule has 3 aliphatic rings. The van der Waals surface area contributed by atoms with Crippen LogP contribution in [-0.2, 0) is 19.0 Å². The Bertz CT molecular complexity index is 1410. The predicted octanol–water partition coefficient (Wildman–Crippen LogP) is 5.27. The van der Waals surface area contributed by atoms with Gasteiger partial charge in [0.15, 0.2) is 5.76 Å². The van der Waals surface area contributed by atoms with E-state index in [1.165, 1.54) is 24.4 Å². The van der Waals surface area contributed by atoms with Gasteiger partial charge in [0.1, 0.15) is 36.8 Å². The highest BCUT2D eigenvalue weighted by Crippen LogP contribution is 2.33. The van der Waals surface area contributed by atoms with E-state index < -0.39 is 17.7 Å². The monoisotopic (exact) mass is 574 g/mol. The molecule has 1 fully saturated rings. The molecule has 2 atom stereocenters. The lowest BCUT2D eigenvalue weighted by atomic mass is 9.96. The van der Waals surface area contributed by atoms with Gasteiger partial charge >= 0.3 is 6.09 Å². The molecule has 2 amide bonds. The summed E-state index contributed by atoms with van der Waals surface area (Å²) in [6, 6.07) is 1.18. The highest BCUT2D eigenvalue weighted by atomic mass is 16.6. The number of carbonyl (C=O) groups is 2. The van der Waals surface area contributed by atoms with Crippen LogP contribution in [0, 0.1) is 6.92 Å². The van der Waals surface area contributed by atoms with Crippen LogP contribution in [-0.4, -0.2) is 66.1 Å². The molecule has 42 heavy (non-hydrogen) atoms. The molecule has 1 aliphatic carbocycles. The quantitative estimate of drug-likeness (QED) is 0.398. The maximum absolute atomic E-state index is 13.7. The van der Waals surface area contributed by atoms with Gasteiger partial charge in [0, 0.05) is 37.6 Å². The summed E-state index contributed by atoms with van der Waals surface area (Å²) in [5.74, 6) is 1.02. The number of allylic oxidation sites excluding steroid dienone is 3. The van der Waals surface area contributed by atoms with Gasteiger partial charge in [-0.3, -0.25) is 14.3 Å². The van der Waals surface area contributed by atoms with E-state index in [9.17, 15) is 9.59 Å². The summed E-state index contributed by atoms with van der Waals surface area (Å²) in [6.45, 7) is 7.95. The lowest BCUT2D eigenvalue weighted by Gasteiger charge is -2.36. The maximum Gasteiger partial charge on any atom is 0.410 e. The minimum atomic E-state index is -0.709. The second-order valence-electron chi connectivity index (χ2n) is 11.6. The molecule has 0 radical (unpaired) electrons. The van der Waals surface area contributed by atoms with E-state index in [2.05, 4.69) is 22.1 Å². The summed E-state index contributed by atoms with van der Waals surface area (Å²) in [6.07, 6.45) is 18.7. The van der Waals surface area contributed by atoms with E-state index in [-0.39, 0.29) is 18.5 Å². The maximum atomic E-state index is 13.7. The van der Waals surface area contributed by atoms with Crippen molar-refractivity contribution in [2.75, 3.05) is 13.1 Å². The Hall–Kier alpha value is -4.41.